The minimum Gasteiger partial charge on any atom is -0.350 e. The number of alkyl halides is 3. The van der Waals surface area contributed by atoms with Crippen molar-refractivity contribution in [2.75, 3.05) is 10.6 Å². The van der Waals surface area contributed by atoms with E-state index in [0.29, 0.717) is 11.4 Å². The minimum absolute atomic E-state index is 0.00945. The number of benzene rings is 2. The van der Waals surface area contributed by atoms with Crippen molar-refractivity contribution < 1.29 is 22.8 Å². The van der Waals surface area contributed by atoms with Gasteiger partial charge in [0, 0.05) is 30.4 Å². The number of nitrogens with zero attached hydrogens (tertiary/aromatic N) is 2. The summed E-state index contributed by atoms with van der Waals surface area (Å²) in [6, 6.07) is 14.0. The largest absolute Gasteiger partial charge is 0.419 e. The molecule has 1 saturated carbocycles. The average molecular weight is 512 g/mol. The van der Waals surface area contributed by atoms with Gasteiger partial charge in [0.2, 0.25) is 17.8 Å². The summed E-state index contributed by atoms with van der Waals surface area (Å²) in [5.74, 6) is -0.146. The lowest BCUT2D eigenvalue weighted by molar-refractivity contribution is -0.138. The summed E-state index contributed by atoms with van der Waals surface area (Å²) in [6.45, 7) is 3.29. The number of anilines is 3. The van der Waals surface area contributed by atoms with Crippen LogP contribution in [0.15, 0.2) is 54.7 Å². The summed E-state index contributed by atoms with van der Waals surface area (Å²) in [4.78, 5) is 31.5. The Morgan fingerprint density at radius 2 is 1.76 bits per heavy atom. The summed E-state index contributed by atoms with van der Waals surface area (Å²) in [6.07, 6.45) is -1.83. The fourth-order valence-corrected chi connectivity index (χ4v) is 3.97. The lowest BCUT2D eigenvalue weighted by Gasteiger charge is -2.16. The van der Waals surface area contributed by atoms with Crippen LogP contribution in [0.25, 0.3) is 0 Å². The van der Waals surface area contributed by atoms with Crippen LogP contribution >= 0.6 is 0 Å². The molecule has 1 atom stereocenters. The van der Waals surface area contributed by atoms with Gasteiger partial charge in [-0.05, 0) is 61.9 Å². The van der Waals surface area contributed by atoms with Crippen LogP contribution in [-0.4, -0.2) is 21.8 Å². The molecule has 0 radical (unpaired) electrons. The molecule has 194 valence electrons. The fourth-order valence-electron chi connectivity index (χ4n) is 3.97. The van der Waals surface area contributed by atoms with Crippen molar-refractivity contribution in [1.29, 1.82) is 0 Å². The molecular weight excluding hydrogens is 483 g/mol. The van der Waals surface area contributed by atoms with Crippen LogP contribution in [0.1, 0.15) is 55.1 Å². The van der Waals surface area contributed by atoms with Gasteiger partial charge in [-0.1, -0.05) is 30.3 Å². The van der Waals surface area contributed by atoms with Crippen LogP contribution in [0.4, 0.5) is 30.5 Å². The number of hydrogen-bond acceptors (Lipinski definition) is 5. The van der Waals surface area contributed by atoms with E-state index in [0.717, 1.165) is 30.2 Å². The number of nitrogens with one attached hydrogen (secondary N) is 3. The summed E-state index contributed by atoms with van der Waals surface area (Å²) in [5.41, 5.74) is 1.79. The molecular formula is C27H28F3N5O2. The number of carbonyl (C=O) groups is 2. The first kappa shape index (κ1) is 26.1. The number of carbonyl (C=O) groups excluding carboxylic acids is 2. The molecule has 1 aromatic heterocycles. The molecule has 0 aliphatic heterocycles. The number of aryl methyl sites for hydroxylation is 2. The molecule has 7 nitrogen and oxygen atoms in total. The lowest BCUT2D eigenvalue weighted by atomic mass is 10.0. The molecule has 1 aliphatic carbocycles. The molecule has 1 aliphatic rings. The maximum atomic E-state index is 13.7. The van der Waals surface area contributed by atoms with Crippen LogP contribution in [0.2, 0.25) is 0 Å². The smallest absolute Gasteiger partial charge is 0.350 e. The molecule has 3 N–H and O–H groups in total. The van der Waals surface area contributed by atoms with Crippen molar-refractivity contribution >= 4 is 29.1 Å². The van der Waals surface area contributed by atoms with Crippen LogP contribution in [0.3, 0.4) is 0 Å². The van der Waals surface area contributed by atoms with E-state index in [9.17, 15) is 22.8 Å². The second-order valence-electron chi connectivity index (χ2n) is 9.14. The number of rotatable bonds is 9. The van der Waals surface area contributed by atoms with Gasteiger partial charge in [0.1, 0.15) is 0 Å². The number of aromatic nitrogens is 2. The van der Waals surface area contributed by atoms with Crippen LogP contribution < -0.4 is 16.0 Å². The Labute approximate surface area is 212 Å². The van der Waals surface area contributed by atoms with Crippen molar-refractivity contribution in [1.82, 2.24) is 15.3 Å². The monoisotopic (exact) mass is 511 g/mol. The van der Waals surface area contributed by atoms with Crippen molar-refractivity contribution in [2.45, 2.75) is 51.7 Å². The van der Waals surface area contributed by atoms with Crippen LogP contribution in [0, 0.1) is 5.92 Å². The van der Waals surface area contributed by atoms with Crippen LogP contribution in [0.5, 0.6) is 0 Å². The van der Waals surface area contributed by atoms with Gasteiger partial charge in [0.15, 0.2) is 0 Å². The number of amides is 2. The normalized spacial score (nSPS) is 14.1. The molecule has 37 heavy (non-hydrogen) atoms. The highest BCUT2D eigenvalue weighted by Gasteiger charge is 2.35. The van der Waals surface area contributed by atoms with E-state index in [-0.39, 0.29) is 48.3 Å². The van der Waals surface area contributed by atoms with Gasteiger partial charge in [-0.3, -0.25) is 9.59 Å². The van der Waals surface area contributed by atoms with Crippen molar-refractivity contribution in [2.24, 2.45) is 5.92 Å². The first-order chi connectivity index (χ1) is 17.6. The standard InChI is InChI=1S/C27H28F3N5O2/c1-16(32-17(2)36)18-9-12-21(13-10-18)33-26-31-15-22(27(28,29)30)24(35-26)14-11-19-5-3-4-6-23(19)34-25(37)20-7-8-20/h3-6,9-10,12-13,15-16,20H,7-8,11,14H2,1-2H3,(H,32,36)(H,34,37)(H,31,33,35). The molecule has 1 fully saturated rings. The SMILES string of the molecule is CC(=O)NC(C)c1ccc(Nc2ncc(C(F)(F)F)c(CCc3ccccc3NC(=O)C3CC3)n2)cc1. The third-order valence-corrected chi connectivity index (χ3v) is 6.11. The van der Waals surface area contributed by atoms with Crippen molar-refractivity contribution in [3.05, 3.63) is 77.1 Å². The third-order valence-electron chi connectivity index (χ3n) is 6.11. The van der Waals surface area contributed by atoms with E-state index in [2.05, 4.69) is 25.9 Å². The van der Waals surface area contributed by atoms with Gasteiger partial charge in [0.05, 0.1) is 17.3 Å². The highest BCUT2D eigenvalue weighted by atomic mass is 19.4. The first-order valence-corrected chi connectivity index (χ1v) is 12.1. The fraction of sp³-hybridized carbons (Fsp3) is 0.333. The molecule has 0 saturated heterocycles. The zero-order valence-corrected chi connectivity index (χ0v) is 20.5. The minimum atomic E-state index is -4.60. The quantitative estimate of drug-likeness (QED) is 0.349. The third kappa shape index (κ3) is 7.05. The van der Waals surface area contributed by atoms with Crippen molar-refractivity contribution in [3.63, 3.8) is 0 Å². The molecule has 0 spiro atoms. The van der Waals surface area contributed by atoms with Crippen molar-refractivity contribution in [3.8, 4) is 0 Å². The number of halogens is 3. The van der Waals surface area contributed by atoms with E-state index < -0.39 is 11.7 Å². The summed E-state index contributed by atoms with van der Waals surface area (Å²) in [5, 5.41) is 8.63. The zero-order chi connectivity index (χ0) is 26.6. The number of para-hydroxylation sites is 1. The summed E-state index contributed by atoms with van der Waals surface area (Å²) < 4.78 is 41.1. The van der Waals surface area contributed by atoms with E-state index in [1.54, 1.807) is 48.5 Å². The molecule has 1 heterocycles. The summed E-state index contributed by atoms with van der Waals surface area (Å²) in [7, 11) is 0. The maximum absolute atomic E-state index is 13.7. The average Bonchev–Trinajstić information content (AvgIpc) is 3.69. The Kier molecular flexibility index (Phi) is 7.75. The van der Waals surface area contributed by atoms with E-state index in [4.69, 9.17) is 0 Å². The number of hydrogen-bond donors (Lipinski definition) is 3. The molecule has 4 rings (SSSR count). The van der Waals surface area contributed by atoms with Crippen LogP contribution in [-0.2, 0) is 28.6 Å². The topological polar surface area (TPSA) is 96.0 Å². The second kappa shape index (κ2) is 11.0. The summed E-state index contributed by atoms with van der Waals surface area (Å²) >= 11 is 0. The molecule has 1 unspecified atom stereocenters. The Bertz CT molecular complexity index is 1270. The molecule has 2 amide bonds. The van der Waals surface area contributed by atoms with Gasteiger partial charge >= 0.3 is 6.18 Å². The molecule has 10 heteroatoms. The van der Waals surface area contributed by atoms with Gasteiger partial charge in [0.25, 0.3) is 0 Å². The lowest BCUT2D eigenvalue weighted by Crippen LogP contribution is -2.23. The van der Waals surface area contributed by atoms with Gasteiger partial charge < -0.3 is 16.0 Å². The first-order valence-electron chi connectivity index (χ1n) is 12.1. The Balaban J connectivity index is 1.50. The van der Waals surface area contributed by atoms with Gasteiger partial charge in [-0.15, -0.1) is 0 Å². The van der Waals surface area contributed by atoms with E-state index >= 15 is 0 Å². The second-order valence-corrected chi connectivity index (χ2v) is 9.14. The maximum Gasteiger partial charge on any atom is 0.419 e. The van der Waals surface area contributed by atoms with Gasteiger partial charge in [-0.2, -0.15) is 13.2 Å². The highest BCUT2D eigenvalue weighted by molar-refractivity contribution is 5.94. The predicted molar refractivity (Wildman–Crippen MR) is 134 cm³/mol. The Morgan fingerprint density at radius 1 is 1.05 bits per heavy atom. The van der Waals surface area contributed by atoms with E-state index in [1.807, 2.05) is 6.92 Å². The van der Waals surface area contributed by atoms with Gasteiger partial charge in [-0.25, -0.2) is 9.97 Å². The molecule has 2 aromatic carbocycles. The Hall–Kier alpha value is -3.95. The molecule has 3 aromatic rings. The van der Waals surface area contributed by atoms with E-state index in [1.165, 1.54) is 6.92 Å². The highest BCUT2D eigenvalue weighted by Crippen LogP contribution is 2.33. The Morgan fingerprint density at radius 3 is 2.41 bits per heavy atom. The predicted octanol–water partition coefficient (Wildman–Crippen LogP) is 5.57. The zero-order valence-electron chi connectivity index (χ0n) is 20.5. The molecule has 0 bridgehead atoms.